The van der Waals surface area contributed by atoms with Gasteiger partial charge in [0, 0.05) is 17.6 Å². The summed E-state index contributed by atoms with van der Waals surface area (Å²) in [6.45, 7) is 2.12. The lowest BCUT2D eigenvalue weighted by Gasteiger charge is -2.10. The van der Waals surface area contributed by atoms with Crippen LogP contribution in [0, 0.1) is 0 Å². The highest BCUT2D eigenvalue weighted by molar-refractivity contribution is 7.98. The van der Waals surface area contributed by atoms with Gasteiger partial charge in [0.2, 0.25) is 11.9 Å². The second-order valence-corrected chi connectivity index (χ2v) is 6.80. The van der Waals surface area contributed by atoms with Crippen LogP contribution in [0.5, 0.6) is 0 Å². The summed E-state index contributed by atoms with van der Waals surface area (Å²) in [5, 5.41) is 3.26. The van der Waals surface area contributed by atoms with Gasteiger partial charge in [0.05, 0.1) is 5.75 Å². The minimum Gasteiger partial charge on any atom is -0.368 e. The van der Waals surface area contributed by atoms with Gasteiger partial charge in [-0.3, -0.25) is 4.98 Å². The molecule has 0 unspecified atom stereocenters. The van der Waals surface area contributed by atoms with Crippen molar-refractivity contribution in [1.29, 1.82) is 0 Å². The average Bonchev–Trinajstić information content (AvgIpc) is 2.66. The van der Waals surface area contributed by atoms with Crippen LogP contribution in [-0.4, -0.2) is 25.7 Å². The molecule has 2 heterocycles. The van der Waals surface area contributed by atoms with Gasteiger partial charge < -0.3 is 11.1 Å². The van der Waals surface area contributed by atoms with Crippen LogP contribution in [0.15, 0.2) is 48.7 Å². The van der Waals surface area contributed by atoms with E-state index in [9.17, 15) is 0 Å². The summed E-state index contributed by atoms with van der Waals surface area (Å²) in [7, 11) is 0. The molecule has 2 aromatic heterocycles. The van der Waals surface area contributed by atoms with Crippen LogP contribution in [0.25, 0.3) is 0 Å². The molecule has 0 saturated carbocycles. The molecule has 0 aliphatic carbocycles. The Morgan fingerprint density at radius 2 is 1.88 bits per heavy atom. The highest BCUT2D eigenvalue weighted by Gasteiger charge is 2.07. The molecule has 1 aromatic carbocycles. The molecule has 0 spiro atoms. The molecule has 134 valence electrons. The highest BCUT2D eigenvalue weighted by atomic mass is 32.2. The van der Waals surface area contributed by atoms with Crippen LogP contribution in [0.4, 0.5) is 17.6 Å². The zero-order valence-electron chi connectivity index (χ0n) is 14.7. The zero-order chi connectivity index (χ0) is 18.2. The molecule has 0 aliphatic heterocycles. The number of thioether (sulfide) groups is 1. The number of benzene rings is 1. The molecule has 7 heteroatoms. The van der Waals surface area contributed by atoms with E-state index in [1.165, 1.54) is 5.56 Å². The van der Waals surface area contributed by atoms with E-state index < -0.39 is 0 Å². The molecular weight excluding hydrogens is 344 g/mol. The van der Waals surface area contributed by atoms with Crippen LogP contribution in [0.2, 0.25) is 0 Å². The van der Waals surface area contributed by atoms with E-state index in [1.54, 1.807) is 11.8 Å². The van der Waals surface area contributed by atoms with E-state index in [-0.39, 0.29) is 5.95 Å². The summed E-state index contributed by atoms with van der Waals surface area (Å²) in [4.78, 5) is 17.3. The molecule has 3 N–H and O–H groups in total. The van der Waals surface area contributed by atoms with Gasteiger partial charge in [-0.05, 0) is 42.4 Å². The quantitative estimate of drug-likeness (QED) is 0.588. The number of pyridine rings is 1. The maximum absolute atomic E-state index is 5.86. The van der Waals surface area contributed by atoms with Crippen molar-refractivity contribution in [2.75, 3.05) is 16.8 Å². The minimum atomic E-state index is 0.233. The Morgan fingerprint density at radius 3 is 2.69 bits per heavy atom. The maximum atomic E-state index is 5.86. The first kappa shape index (κ1) is 18.1. The Hall–Kier alpha value is -2.67. The first-order valence-electron chi connectivity index (χ1n) is 8.57. The molecule has 0 amide bonds. The summed E-state index contributed by atoms with van der Waals surface area (Å²) in [5.41, 5.74) is 9.15. The second kappa shape index (κ2) is 9.15. The lowest BCUT2D eigenvalue weighted by atomic mass is 10.1. The number of anilines is 3. The summed E-state index contributed by atoms with van der Waals surface area (Å²) in [6, 6.07) is 14.1. The van der Waals surface area contributed by atoms with Gasteiger partial charge in [0.15, 0.2) is 0 Å². The van der Waals surface area contributed by atoms with Crippen molar-refractivity contribution in [2.45, 2.75) is 25.5 Å². The van der Waals surface area contributed by atoms with Gasteiger partial charge in [-0.15, -0.1) is 0 Å². The van der Waals surface area contributed by atoms with Crippen molar-refractivity contribution in [3.8, 4) is 0 Å². The minimum absolute atomic E-state index is 0.233. The summed E-state index contributed by atoms with van der Waals surface area (Å²) >= 11 is 1.76. The number of rotatable bonds is 8. The second-order valence-electron chi connectivity index (χ2n) is 5.69. The van der Waals surface area contributed by atoms with E-state index >= 15 is 0 Å². The van der Waals surface area contributed by atoms with Gasteiger partial charge in [0.25, 0.3) is 0 Å². The molecule has 0 bridgehead atoms. The predicted octanol–water partition coefficient (Wildman–Crippen LogP) is 3.63. The van der Waals surface area contributed by atoms with Crippen LogP contribution in [-0.2, 0) is 18.6 Å². The fraction of sp³-hybridized carbons (Fsp3) is 0.263. The topological polar surface area (TPSA) is 89.6 Å². The Kier molecular flexibility index (Phi) is 6.38. The zero-order valence-corrected chi connectivity index (χ0v) is 15.5. The van der Waals surface area contributed by atoms with Gasteiger partial charge >= 0.3 is 0 Å². The van der Waals surface area contributed by atoms with Gasteiger partial charge in [-0.25, -0.2) is 0 Å². The molecule has 0 aliphatic rings. The van der Waals surface area contributed by atoms with E-state index in [0.717, 1.165) is 30.0 Å². The monoisotopic (exact) mass is 366 g/mol. The number of nitrogen functional groups attached to an aromatic ring is 1. The van der Waals surface area contributed by atoms with Crippen LogP contribution < -0.4 is 11.1 Å². The Morgan fingerprint density at radius 1 is 1.04 bits per heavy atom. The molecule has 0 saturated heterocycles. The summed E-state index contributed by atoms with van der Waals surface area (Å²) < 4.78 is 0. The molecule has 0 fully saturated rings. The number of nitrogens with zero attached hydrogens (tertiary/aromatic N) is 4. The van der Waals surface area contributed by atoms with Crippen molar-refractivity contribution >= 4 is 29.3 Å². The molecule has 0 atom stereocenters. The fourth-order valence-electron chi connectivity index (χ4n) is 2.52. The molecule has 3 aromatic rings. The molecule has 26 heavy (non-hydrogen) atoms. The van der Waals surface area contributed by atoms with Crippen molar-refractivity contribution < 1.29 is 0 Å². The molecule has 6 nitrogen and oxygen atoms in total. The summed E-state index contributed by atoms with van der Waals surface area (Å²) in [5.74, 6) is 3.03. The first-order valence-corrected chi connectivity index (χ1v) is 9.73. The van der Waals surface area contributed by atoms with E-state index in [2.05, 4.69) is 38.2 Å². The predicted molar refractivity (Wildman–Crippen MR) is 107 cm³/mol. The van der Waals surface area contributed by atoms with Crippen LogP contribution in [0.1, 0.15) is 24.0 Å². The van der Waals surface area contributed by atoms with Crippen molar-refractivity contribution in [2.24, 2.45) is 0 Å². The average molecular weight is 366 g/mol. The van der Waals surface area contributed by atoms with Crippen molar-refractivity contribution in [3.63, 3.8) is 0 Å². The molecule has 3 rings (SSSR count). The lowest BCUT2D eigenvalue weighted by Crippen LogP contribution is -2.07. The standard InChI is InChI=1S/C19H22N6S/c1-2-14-7-3-4-9-16(14)22-19-24-17(23-18(20)25-19)13-26-12-10-15-8-5-6-11-21-15/h3-9,11H,2,10,12-13H2,1H3,(H3,20,22,23,24,25). The number of nitrogens with two attached hydrogens (primary N) is 1. The van der Waals surface area contributed by atoms with Gasteiger partial charge in [-0.2, -0.15) is 26.7 Å². The van der Waals surface area contributed by atoms with E-state index in [0.29, 0.717) is 17.5 Å². The third-order valence-corrected chi connectivity index (χ3v) is 4.76. The Bertz CT molecular complexity index is 840. The number of hydrogen-bond donors (Lipinski definition) is 2. The maximum Gasteiger partial charge on any atom is 0.232 e. The van der Waals surface area contributed by atoms with Gasteiger partial charge in [-0.1, -0.05) is 31.2 Å². The Balaban J connectivity index is 1.60. The highest BCUT2D eigenvalue weighted by Crippen LogP contribution is 2.20. The number of aryl methyl sites for hydroxylation is 2. The largest absolute Gasteiger partial charge is 0.368 e. The van der Waals surface area contributed by atoms with Crippen molar-refractivity contribution in [3.05, 3.63) is 65.7 Å². The van der Waals surface area contributed by atoms with E-state index in [1.807, 2.05) is 42.6 Å². The third-order valence-electron chi connectivity index (χ3n) is 3.80. The molecule has 0 radical (unpaired) electrons. The van der Waals surface area contributed by atoms with Gasteiger partial charge in [0.1, 0.15) is 5.82 Å². The van der Waals surface area contributed by atoms with E-state index in [4.69, 9.17) is 5.73 Å². The number of nitrogens with one attached hydrogen (secondary N) is 1. The lowest BCUT2D eigenvalue weighted by molar-refractivity contribution is 0.977. The fourth-order valence-corrected chi connectivity index (χ4v) is 3.33. The number of para-hydroxylation sites is 1. The summed E-state index contributed by atoms with van der Waals surface area (Å²) in [6.07, 6.45) is 3.67. The molecular formula is C19H22N6S. The third kappa shape index (κ3) is 5.16. The van der Waals surface area contributed by atoms with Crippen LogP contribution in [0.3, 0.4) is 0 Å². The number of aromatic nitrogens is 4. The SMILES string of the molecule is CCc1ccccc1Nc1nc(N)nc(CSCCc2ccccn2)n1. The number of hydrogen-bond acceptors (Lipinski definition) is 7. The van der Waals surface area contributed by atoms with Crippen molar-refractivity contribution in [1.82, 2.24) is 19.9 Å². The normalized spacial score (nSPS) is 10.7. The first-order chi connectivity index (χ1) is 12.7. The van der Waals surface area contributed by atoms with Crippen LogP contribution >= 0.6 is 11.8 Å². The smallest absolute Gasteiger partial charge is 0.232 e. The Labute approximate surface area is 157 Å².